The van der Waals surface area contributed by atoms with Crippen molar-refractivity contribution >= 4 is 0 Å². The van der Waals surface area contributed by atoms with Crippen LogP contribution in [0.1, 0.15) is 40.5 Å². The van der Waals surface area contributed by atoms with Gasteiger partial charge in [0.2, 0.25) is 0 Å². The molecule has 0 radical (unpaired) electrons. The van der Waals surface area contributed by atoms with E-state index in [0.29, 0.717) is 12.1 Å². The second-order valence-electron chi connectivity index (χ2n) is 5.47. The Balaban J connectivity index is 2.23. The molecule has 0 saturated carbocycles. The smallest absolute Gasteiger partial charge is 0.0596 e. The van der Waals surface area contributed by atoms with Crippen LogP contribution in [0.3, 0.4) is 0 Å². The molecule has 2 unspecified atom stereocenters. The molecule has 102 valence electrons. The highest BCUT2D eigenvalue weighted by Gasteiger charge is 2.23. The van der Waals surface area contributed by atoms with Gasteiger partial charge in [0.1, 0.15) is 0 Å². The van der Waals surface area contributed by atoms with E-state index in [2.05, 4.69) is 37.9 Å². The quantitative estimate of drug-likeness (QED) is 0.740. The largest absolute Gasteiger partial charge is 0.377 e. The van der Waals surface area contributed by atoms with E-state index in [1.165, 1.54) is 25.9 Å². The van der Waals surface area contributed by atoms with Crippen molar-refractivity contribution < 1.29 is 4.74 Å². The lowest BCUT2D eigenvalue weighted by molar-refractivity contribution is 0.0460. The molecular weight excluding hydrogens is 212 g/mol. The summed E-state index contributed by atoms with van der Waals surface area (Å²) in [5.41, 5.74) is 0. The van der Waals surface area contributed by atoms with E-state index in [1.807, 2.05) is 0 Å². The van der Waals surface area contributed by atoms with Crippen molar-refractivity contribution in [2.45, 2.75) is 52.7 Å². The van der Waals surface area contributed by atoms with Gasteiger partial charge in [-0.05, 0) is 52.6 Å². The van der Waals surface area contributed by atoms with E-state index in [4.69, 9.17) is 4.74 Å². The fraction of sp³-hybridized carbons (Fsp3) is 1.00. The van der Waals surface area contributed by atoms with Crippen molar-refractivity contribution in [3.8, 4) is 0 Å². The Bertz CT molecular complexity index is 197. The Morgan fingerprint density at radius 1 is 1.35 bits per heavy atom. The van der Waals surface area contributed by atoms with Crippen molar-refractivity contribution in [1.82, 2.24) is 10.2 Å². The molecule has 17 heavy (non-hydrogen) atoms. The van der Waals surface area contributed by atoms with Gasteiger partial charge in [0, 0.05) is 19.1 Å². The minimum Gasteiger partial charge on any atom is -0.377 e. The molecule has 0 bridgehead atoms. The summed E-state index contributed by atoms with van der Waals surface area (Å²) >= 11 is 0. The second-order valence-corrected chi connectivity index (χ2v) is 5.47. The molecule has 1 fully saturated rings. The van der Waals surface area contributed by atoms with Crippen LogP contribution in [0.25, 0.3) is 0 Å². The van der Waals surface area contributed by atoms with Crippen LogP contribution in [0.15, 0.2) is 0 Å². The predicted octanol–water partition coefficient (Wildman–Crippen LogP) is 2.12. The van der Waals surface area contributed by atoms with Crippen LogP contribution in [-0.2, 0) is 4.74 Å². The van der Waals surface area contributed by atoms with Gasteiger partial charge in [-0.15, -0.1) is 0 Å². The average Bonchev–Trinajstić information content (AvgIpc) is 2.29. The molecule has 0 aromatic rings. The first-order valence-corrected chi connectivity index (χ1v) is 7.20. The number of hydrogen-bond donors (Lipinski definition) is 1. The Hall–Kier alpha value is -0.120. The monoisotopic (exact) mass is 242 g/mol. The molecule has 0 aliphatic carbocycles. The molecule has 2 atom stereocenters. The predicted molar refractivity (Wildman–Crippen MR) is 73.4 cm³/mol. The maximum absolute atomic E-state index is 5.63. The molecule has 0 spiro atoms. The van der Waals surface area contributed by atoms with E-state index >= 15 is 0 Å². The summed E-state index contributed by atoms with van der Waals surface area (Å²) in [5.74, 6) is 0.808. The van der Waals surface area contributed by atoms with Crippen LogP contribution < -0.4 is 5.32 Å². The van der Waals surface area contributed by atoms with Crippen LogP contribution in [0.4, 0.5) is 0 Å². The van der Waals surface area contributed by atoms with Gasteiger partial charge in [0.15, 0.2) is 0 Å². The van der Waals surface area contributed by atoms with Crippen LogP contribution in [0.5, 0.6) is 0 Å². The number of rotatable bonds is 7. The number of piperidine rings is 1. The van der Waals surface area contributed by atoms with Gasteiger partial charge < -0.3 is 15.0 Å². The number of ether oxygens (including phenoxy) is 1. The normalized spacial score (nSPS) is 24.2. The summed E-state index contributed by atoms with van der Waals surface area (Å²) in [7, 11) is 0. The summed E-state index contributed by atoms with van der Waals surface area (Å²) in [6, 6.07) is 0.647. The standard InChI is InChI=1S/C14H30N2O/c1-5-15-13(4)14-7-6-8-16(11-14)9-10-17-12(2)3/h12-15H,5-11H2,1-4H3. The zero-order valence-corrected chi connectivity index (χ0v) is 12.0. The van der Waals surface area contributed by atoms with Crippen LogP contribution >= 0.6 is 0 Å². The van der Waals surface area contributed by atoms with Gasteiger partial charge in [-0.3, -0.25) is 0 Å². The number of nitrogens with zero attached hydrogens (tertiary/aromatic N) is 1. The molecule has 0 amide bonds. The topological polar surface area (TPSA) is 24.5 Å². The minimum atomic E-state index is 0.358. The number of hydrogen-bond acceptors (Lipinski definition) is 3. The molecule has 1 rings (SSSR count). The van der Waals surface area contributed by atoms with Gasteiger partial charge in [0.05, 0.1) is 12.7 Å². The lowest BCUT2D eigenvalue weighted by atomic mass is 9.91. The van der Waals surface area contributed by atoms with Gasteiger partial charge in [-0.25, -0.2) is 0 Å². The van der Waals surface area contributed by atoms with Crippen LogP contribution in [0, 0.1) is 5.92 Å². The highest BCUT2D eigenvalue weighted by Crippen LogP contribution is 2.19. The average molecular weight is 242 g/mol. The van der Waals surface area contributed by atoms with Gasteiger partial charge in [0.25, 0.3) is 0 Å². The number of likely N-dealkylation sites (tertiary alicyclic amines) is 1. The van der Waals surface area contributed by atoms with E-state index in [1.54, 1.807) is 0 Å². The molecule has 3 nitrogen and oxygen atoms in total. The zero-order chi connectivity index (χ0) is 12.7. The van der Waals surface area contributed by atoms with Crippen molar-refractivity contribution in [3.63, 3.8) is 0 Å². The fourth-order valence-corrected chi connectivity index (χ4v) is 2.61. The first-order chi connectivity index (χ1) is 8.13. The van der Waals surface area contributed by atoms with Crippen molar-refractivity contribution in [1.29, 1.82) is 0 Å². The Labute approximate surface area is 107 Å². The van der Waals surface area contributed by atoms with Crippen LogP contribution in [0.2, 0.25) is 0 Å². The third-order valence-electron chi connectivity index (χ3n) is 3.63. The third kappa shape index (κ3) is 5.84. The van der Waals surface area contributed by atoms with Crippen LogP contribution in [-0.4, -0.2) is 49.8 Å². The molecule has 3 heteroatoms. The summed E-state index contributed by atoms with van der Waals surface area (Å²) in [5, 5.41) is 3.55. The van der Waals surface area contributed by atoms with Gasteiger partial charge in [-0.2, -0.15) is 0 Å². The van der Waals surface area contributed by atoms with Gasteiger partial charge >= 0.3 is 0 Å². The van der Waals surface area contributed by atoms with E-state index in [-0.39, 0.29) is 0 Å². The zero-order valence-electron chi connectivity index (χ0n) is 12.0. The summed E-state index contributed by atoms with van der Waals surface area (Å²) < 4.78 is 5.63. The van der Waals surface area contributed by atoms with Crippen molar-refractivity contribution in [2.75, 3.05) is 32.8 Å². The third-order valence-corrected chi connectivity index (χ3v) is 3.63. The molecule has 1 saturated heterocycles. The summed E-state index contributed by atoms with van der Waals surface area (Å²) in [6.45, 7) is 14.2. The summed E-state index contributed by atoms with van der Waals surface area (Å²) in [4.78, 5) is 2.56. The van der Waals surface area contributed by atoms with Crippen molar-refractivity contribution in [3.05, 3.63) is 0 Å². The lowest BCUT2D eigenvalue weighted by Gasteiger charge is -2.36. The molecule has 1 aliphatic rings. The van der Waals surface area contributed by atoms with E-state index < -0.39 is 0 Å². The Morgan fingerprint density at radius 2 is 2.12 bits per heavy atom. The first kappa shape index (κ1) is 14.9. The Morgan fingerprint density at radius 3 is 2.76 bits per heavy atom. The highest BCUT2D eigenvalue weighted by molar-refractivity contribution is 4.80. The minimum absolute atomic E-state index is 0.358. The molecule has 1 heterocycles. The van der Waals surface area contributed by atoms with E-state index in [0.717, 1.165) is 25.6 Å². The van der Waals surface area contributed by atoms with Crippen molar-refractivity contribution in [2.24, 2.45) is 5.92 Å². The maximum Gasteiger partial charge on any atom is 0.0596 e. The van der Waals surface area contributed by atoms with E-state index in [9.17, 15) is 0 Å². The molecule has 1 aliphatic heterocycles. The molecule has 0 aromatic carbocycles. The van der Waals surface area contributed by atoms with Gasteiger partial charge in [-0.1, -0.05) is 6.92 Å². The summed E-state index contributed by atoms with van der Waals surface area (Å²) in [6.07, 6.45) is 3.06. The SMILES string of the molecule is CCNC(C)C1CCCN(CCOC(C)C)C1. The molecule has 0 aromatic heterocycles. The second kappa shape index (κ2) is 8.06. The lowest BCUT2D eigenvalue weighted by Crippen LogP contribution is -2.45. The highest BCUT2D eigenvalue weighted by atomic mass is 16.5. The fourth-order valence-electron chi connectivity index (χ4n) is 2.61. The molecule has 1 N–H and O–H groups in total. The maximum atomic E-state index is 5.63. The first-order valence-electron chi connectivity index (χ1n) is 7.20. The number of nitrogens with one attached hydrogen (secondary N) is 1. The molecular formula is C14H30N2O. The Kier molecular flexibility index (Phi) is 7.09.